The predicted octanol–water partition coefficient (Wildman–Crippen LogP) is 4.49. The minimum Gasteiger partial charge on any atom is -0.166 e. The Kier molecular flexibility index (Phi) is 2.55. The average molecular weight is 215 g/mol. The normalized spacial score (nSPS) is 29.6. The van der Waals surface area contributed by atoms with E-state index in [1.54, 1.807) is 0 Å². The summed E-state index contributed by atoms with van der Waals surface area (Å²) < 4.78 is 0. The molecule has 0 bridgehead atoms. The van der Waals surface area contributed by atoms with Gasteiger partial charge in [0.2, 0.25) is 0 Å². The molecule has 1 rings (SSSR count). The zero-order chi connectivity index (χ0) is 10.4. The van der Waals surface area contributed by atoms with E-state index >= 15 is 0 Å². The topological polar surface area (TPSA) is 0 Å². The summed E-state index contributed by atoms with van der Waals surface area (Å²) >= 11 is 6.57. The van der Waals surface area contributed by atoms with Crippen molar-refractivity contribution < 1.29 is 0 Å². The molecule has 0 heterocycles. The van der Waals surface area contributed by atoms with Gasteiger partial charge in [-0.25, -0.2) is 0 Å². The van der Waals surface area contributed by atoms with Crippen molar-refractivity contribution in [1.82, 2.24) is 0 Å². The number of halogens is 1. The van der Waals surface area contributed by atoms with Crippen LogP contribution in [0.4, 0.5) is 0 Å². The van der Waals surface area contributed by atoms with E-state index in [9.17, 15) is 0 Å². The van der Waals surface area contributed by atoms with Gasteiger partial charge in [-0.05, 0) is 26.3 Å². The fraction of sp³-hybridized carbons (Fsp3) is 0.636. The Morgan fingerprint density at radius 2 is 1.69 bits per heavy atom. The molecule has 1 unspecified atom stereocenters. The number of hydrogen-bond acceptors (Lipinski definition) is 0. The molecular weight excluding hydrogens is 196 g/mol. The number of rotatable bonds is 1. The van der Waals surface area contributed by atoms with Gasteiger partial charge in [0.15, 0.2) is 7.38 Å². The van der Waals surface area contributed by atoms with E-state index < -0.39 is 7.38 Å². The van der Waals surface area contributed by atoms with Crippen molar-refractivity contribution in [3.63, 3.8) is 0 Å². The fourth-order valence-corrected chi connectivity index (χ4v) is 4.18. The maximum atomic E-state index is 6.57. The lowest BCUT2D eigenvalue weighted by Gasteiger charge is -2.34. The minimum absolute atomic E-state index is 0.155. The third kappa shape index (κ3) is 1.53. The molecule has 74 valence electrons. The molecule has 1 aliphatic rings. The molecule has 0 amide bonds. The van der Waals surface area contributed by atoms with Crippen molar-refractivity contribution in [2.75, 3.05) is 0 Å². The number of allylic oxidation sites excluding steroid dienone is 4. The van der Waals surface area contributed by atoms with Crippen LogP contribution in [0.1, 0.15) is 27.7 Å². The van der Waals surface area contributed by atoms with E-state index in [2.05, 4.69) is 46.9 Å². The van der Waals surface area contributed by atoms with Crippen molar-refractivity contribution in [3.05, 3.63) is 22.8 Å². The molecule has 0 saturated heterocycles. The summed E-state index contributed by atoms with van der Waals surface area (Å²) in [4.78, 5) is 0. The van der Waals surface area contributed by atoms with Crippen LogP contribution >= 0.6 is 11.1 Å². The Bertz CT molecular complexity index is 294. The highest BCUT2D eigenvalue weighted by molar-refractivity contribution is 7.21. The first kappa shape index (κ1) is 11.1. The van der Waals surface area contributed by atoms with Crippen LogP contribution in [0.2, 0.25) is 18.1 Å². The summed E-state index contributed by atoms with van der Waals surface area (Å²) in [6, 6.07) is 0. The SMILES string of the molecule is CC1=CC(C)([Si](C)(C)Cl)C(C)=C1C. The summed E-state index contributed by atoms with van der Waals surface area (Å²) in [7, 11) is -1.66. The smallest absolute Gasteiger partial charge is 0.163 e. The molecule has 0 aromatic carbocycles. The van der Waals surface area contributed by atoms with Crippen LogP contribution in [0.25, 0.3) is 0 Å². The van der Waals surface area contributed by atoms with Gasteiger partial charge in [-0.3, -0.25) is 0 Å². The molecule has 0 radical (unpaired) electrons. The Labute approximate surface area is 87.4 Å². The number of hydrogen-bond donors (Lipinski definition) is 0. The highest BCUT2D eigenvalue weighted by atomic mass is 35.6. The summed E-state index contributed by atoms with van der Waals surface area (Å²) in [5.41, 5.74) is 4.31. The predicted molar refractivity (Wildman–Crippen MR) is 63.8 cm³/mol. The van der Waals surface area contributed by atoms with Crippen LogP contribution in [-0.2, 0) is 0 Å². The van der Waals surface area contributed by atoms with E-state index in [0.29, 0.717) is 0 Å². The molecule has 0 spiro atoms. The van der Waals surface area contributed by atoms with Crippen LogP contribution in [0.15, 0.2) is 22.8 Å². The zero-order valence-corrected chi connectivity index (χ0v) is 11.2. The van der Waals surface area contributed by atoms with E-state index in [4.69, 9.17) is 11.1 Å². The Morgan fingerprint density at radius 3 is 1.85 bits per heavy atom. The van der Waals surface area contributed by atoms with Crippen LogP contribution in [-0.4, -0.2) is 7.38 Å². The van der Waals surface area contributed by atoms with Crippen LogP contribution in [0, 0.1) is 0 Å². The lowest BCUT2D eigenvalue weighted by Crippen LogP contribution is -2.33. The summed E-state index contributed by atoms with van der Waals surface area (Å²) in [5.74, 6) is 0. The lowest BCUT2D eigenvalue weighted by molar-refractivity contribution is 0.866. The van der Waals surface area contributed by atoms with Crippen molar-refractivity contribution in [2.45, 2.75) is 45.8 Å². The van der Waals surface area contributed by atoms with Gasteiger partial charge in [-0.2, -0.15) is 11.1 Å². The second-order valence-corrected chi connectivity index (χ2v) is 11.6. The second-order valence-electron chi connectivity index (χ2n) is 4.75. The molecule has 13 heavy (non-hydrogen) atoms. The quantitative estimate of drug-likeness (QED) is 0.446. The third-order valence-corrected chi connectivity index (χ3v) is 7.84. The summed E-state index contributed by atoms with van der Waals surface area (Å²) in [5, 5.41) is 0.155. The van der Waals surface area contributed by atoms with Crippen molar-refractivity contribution in [1.29, 1.82) is 0 Å². The monoisotopic (exact) mass is 214 g/mol. The summed E-state index contributed by atoms with van der Waals surface area (Å²) in [6.45, 7) is 13.3. The van der Waals surface area contributed by atoms with Crippen LogP contribution in [0.5, 0.6) is 0 Å². The highest BCUT2D eigenvalue weighted by Crippen LogP contribution is 2.54. The molecule has 0 aliphatic heterocycles. The largest absolute Gasteiger partial charge is 0.166 e. The fourth-order valence-electron chi connectivity index (χ4n) is 1.95. The van der Waals surface area contributed by atoms with Crippen molar-refractivity contribution in [2.24, 2.45) is 0 Å². The molecule has 0 saturated carbocycles. The maximum Gasteiger partial charge on any atom is 0.163 e. The van der Waals surface area contributed by atoms with E-state index in [-0.39, 0.29) is 5.04 Å². The minimum atomic E-state index is -1.66. The third-order valence-electron chi connectivity index (χ3n) is 3.67. The van der Waals surface area contributed by atoms with Crippen LogP contribution in [0.3, 0.4) is 0 Å². The van der Waals surface area contributed by atoms with Gasteiger partial charge in [0, 0.05) is 5.04 Å². The van der Waals surface area contributed by atoms with Gasteiger partial charge < -0.3 is 0 Å². The standard InChI is InChI=1S/C11H19ClSi/c1-8-7-11(4,13(5,6)12)10(3)9(8)2/h7H,1-6H3. The maximum absolute atomic E-state index is 6.57. The van der Waals surface area contributed by atoms with Gasteiger partial charge in [0.1, 0.15) is 0 Å². The first-order valence-corrected chi connectivity index (χ1v) is 8.78. The molecule has 2 heteroatoms. The molecule has 0 aromatic heterocycles. The van der Waals surface area contributed by atoms with Crippen molar-refractivity contribution in [3.8, 4) is 0 Å². The van der Waals surface area contributed by atoms with E-state index in [1.165, 1.54) is 16.7 Å². The molecule has 1 aliphatic carbocycles. The van der Waals surface area contributed by atoms with Gasteiger partial charge in [-0.1, -0.05) is 37.2 Å². The first-order valence-electron chi connectivity index (χ1n) is 4.77. The highest BCUT2D eigenvalue weighted by Gasteiger charge is 2.44. The van der Waals surface area contributed by atoms with Gasteiger partial charge in [-0.15, -0.1) is 0 Å². The second kappa shape index (κ2) is 2.99. The summed E-state index contributed by atoms with van der Waals surface area (Å²) in [6.07, 6.45) is 2.36. The molecule has 0 fully saturated rings. The van der Waals surface area contributed by atoms with Gasteiger partial charge >= 0.3 is 0 Å². The Morgan fingerprint density at radius 1 is 1.23 bits per heavy atom. The zero-order valence-electron chi connectivity index (χ0n) is 9.46. The first-order chi connectivity index (χ1) is 5.70. The van der Waals surface area contributed by atoms with E-state index in [1.807, 2.05) is 0 Å². The molecule has 0 N–H and O–H groups in total. The molecule has 0 nitrogen and oxygen atoms in total. The molecular formula is C11H19ClSi. The Balaban J connectivity index is 3.25. The van der Waals surface area contributed by atoms with Crippen LogP contribution < -0.4 is 0 Å². The van der Waals surface area contributed by atoms with Crippen molar-refractivity contribution >= 4 is 18.5 Å². The average Bonchev–Trinajstić information content (AvgIpc) is 2.15. The molecule has 0 aromatic rings. The van der Waals surface area contributed by atoms with Gasteiger partial charge in [0.25, 0.3) is 0 Å². The van der Waals surface area contributed by atoms with E-state index in [0.717, 1.165) is 0 Å². The Hall–Kier alpha value is -0.0131. The lowest BCUT2D eigenvalue weighted by atomic mass is 10.0. The molecule has 1 atom stereocenters. The van der Waals surface area contributed by atoms with Gasteiger partial charge in [0.05, 0.1) is 0 Å².